The van der Waals surface area contributed by atoms with Crippen LogP contribution < -0.4 is 9.46 Å². The maximum atomic E-state index is 14.4. The van der Waals surface area contributed by atoms with E-state index in [-0.39, 0.29) is 29.6 Å². The summed E-state index contributed by atoms with van der Waals surface area (Å²) in [5.74, 6) is -0.626. The minimum absolute atomic E-state index is 0.0939. The molecule has 1 aromatic carbocycles. The van der Waals surface area contributed by atoms with E-state index in [1.165, 1.54) is 23.0 Å². The number of hydrogen-bond donors (Lipinski definition) is 1. The summed E-state index contributed by atoms with van der Waals surface area (Å²) in [6, 6.07) is 4.23. The number of ether oxygens (including phenoxy) is 2. The van der Waals surface area contributed by atoms with Crippen LogP contribution in [0.25, 0.3) is 5.69 Å². The first-order valence-corrected chi connectivity index (χ1v) is 11.1. The van der Waals surface area contributed by atoms with Gasteiger partial charge in [0.15, 0.2) is 11.6 Å². The first-order chi connectivity index (χ1) is 13.4. The molecule has 7 nitrogen and oxygen atoms in total. The van der Waals surface area contributed by atoms with Gasteiger partial charge in [0.2, 0.25) is 10.0 Å². The molecule has 1 saturated heterocycles. The van der Waals surface area contributed by atoms with Crippen molar-refractivity contribution in [2.75, 3.05) is 19.8 Å². The second kappa shape index (κ2) is 7.98. The average Bonchev–Trinajstić information content (AvgIpc) is 3.44. The van der Waals surface area contributed by atoms with Crippen molar-refractivity contribution in [2.45, 2.75) is 30.6 Å². The Morgan fingerprint density at radius 1 is 1.36 bits per heavy atom. The Hall–Kier alpha value is -1.68. The molecule has 1 aliphatic carbocycles. The van der Waals surface area contributed by atoms with Crippen LogP contribution in [0.15, 0.2) is 30.6 Å². The lowest BCUT2D eigenvalue weighted by molar-refractivity contribution is 0.0180. The molecule has 2 fully saturated rings. The topological polar surface area (TPSA) is 82.5 Å². The summed E-state index contributed by atoms with van der Waals surface area (Å²) in [5.41, 5.74) is 0.521. The van der Waals surface area contributed by atoms with Crippen LogP contribution in [0.2, 0.25) is 5.02 Å². The molecule has 1 aliphatic heterocycles. The van der Waals surface area contributed by atoms with E-state index >= 15 is 0 Å². The fourth-order valence-electron chi connectivity index (χ4n) is 3.19. The van der Waals surface area contributed by atoms with Crippen molar-refractivity contribution < 1.29 is 22.3 Å². The van der Waals surface area contributed by atoms with E-state index in [4.69, 9.17) is 21.1 Å². The molecule has 0 amide bonds. The molecule has 10 heteroatoms. The van der Waals surface area contributed by atoms with Crippen LogP contribution in [-0.2, 0) is 14.8 Å². The number of halogens is 2. The van der Waals surface area contributed by atoms with Crippen molar-refractivity contribution in [3.8, 4) is 11.4 Å². The zero-order valence-electron chi connectivity index (χ0n) is 15.1. The van der Waals surface area contributed by atoms with Crippen molar-refractivity contribution in [2.24, 2.45) is 5.92 Å². The fraction of sp³-hybridized carbons (Fsp3) is 0.500. The van der Waals surface area contributed by atoms with Gasteiger partial charge >= 0.3 is 0 Å². The third-order valence-corrected chi connectivity index (χ3v) is 7.11. The van der Waals surface area contributed by atoms with Gasteiger partial charge in [-0.1, -0.05) is 11.6 Å². The van der Waals surface area contributed by atoms with Gasteiger partial charge in [0, 0.05) is 30.8 Å². The highest BCUT2D eigenvalue weighted by molar-refractivity contribution is 7.90. The largest absolute Gasteiger partial charge is 0.490 e. The second-order valence-electron chi connectivity index (χ2n) is 7.12. The van der Waals surface area contributed by atoms with Gasteiger partial charge in [0.1, 0.15) is 0 Å². The molecule has 2 heterocycles. The SMILES string of the molecule is O=S(=O)(N[C@H]1CCOC[C@@H]1COc1ccc(-n2cc(Cl)cn2)cc1F)C1CC1. The Kier molecular flexibility index (Phi) is 5.59. The van der Waals surface area contributed by atoms with Gasteiger partial charge in [0.25, 0.3) is 0 Å². The van der Waals surface area contributed by atoms with E-state index in [9.17, 15) is 12.8 Å². The summed E-state index contributed by atoms with van der Waals surface area (Å²) in [7, 11) is -3.30. The standard InChI is InChI=1S/C18H21ClFN3O4S/c19-13-8-21-23(9-13)14-1-4-18(16(20)7-14)27-11-12-10-26-6-5-17(12)22-28(24,25)15-2-3-15/h1,4,7-9,12,15,17,22H,2-3,5-6,10-11H2/t12-,17+/m1/s1. The lowest BCUT2D eigenvalue weighted by Crippen LogP contribution is -2.48. The van der Waals surface area contributed by atoms with Crippen molar-refractivity contribution in [1.82, 2.24) is 14.5 Å². The number of sulfonamides is 1. The highest BCUT2D eigenvalue weighted by atomic mass is 35.5. The summed E-state index contributed by atoms with van der Waals surface area (Å²) in [5, 5.41) is 4.21. The summed E-state index contributed by atoms with van der Waals surface area (Å²) in [6.07, 6.45) is 5.03. The smallest absolute Gasteiger partial charge is 0.214 e. The van der Waals surface area contributed by atoms with Crippen LogP contribution in [0.4, 0.5) is 4.39 Å². The van der Waals surface area contributed by atoms with E-state index in [2.05, 4.69) is 9.82 Å². The first kappa shape index (κ1) is 19.6. The molecular formula is C18H21ClFN3O4S. The average molecular weight is 430 g/mol. The highest BCUT2D eigenvalue weighted by Crippen LogP contribution is 2.29. The molecule has 0 unspecified atom stereocenters. The molecule has 0 radical (unpaired) electrons. The minimum atomic E-state index is -3.30. The van der Waals surface area contributed by atoms with Crippen LogP contribution in [0.3, 0.4) is 0 Å². The van der Waals surface area contributed by atoms with Crippen LogP contribution in [0.5, 0.6) is 5.75 Å². The normalized spacial score (nSPS) is 22.9. The maximum absolute atomic E-state index is 14.4. The molecule has 152 valence electrons. The molecule has 0 bridgehead atoms. The van der Waals surface area contributed by atoms with Gasteiger partial charge in [0.05, 0.1) is 35.4 Å². The Bertz CT molecular complexity index is 948. The Morgan fingerprint density at radius 3 is 2.86 bits per heavy atom. The third-order valence-electron chi connectivity index (χ3n) is 4.94. The molecule has 2 atom stereocenters. The van der Waals surface area contributed by atoms with Gasteiger partial charge in [-0.3, -0.25) is 0 Å². The fourth-order valence-corrected chi connectivity index (χ4v) is 5.01. The lowest BCUT2D eigenvalue weighted by atomic mass is 9.98. The summed E-state index contributed by atoms with van der Waals surface area (Å²) in [6.45, 7) is 1.01. The second-order valence-corrected chi connectivity index (χ2v) is 9.55. The monoisotopic (exact) mass is 429 g/mol. The molecule has 0 spiro atoms. The van der Waals surface area contributed by atoms with Gasteiger partial charge in [-0.15, -0.1) is 0 Å². The van der Waals surface area contributed by atoms with Crippen LogP contribution >= 0.6 is 11.6 Å². The van der Waals surface area contributed by atoms with Crippen LogP contribution in [-0.4, -0.2) is 49.3 Å². The number of nitrogens with zero attached hydrogens (tertiary/aromatic N) is 2. The molecule has 28 heavy (non-hydrogen) atoms. The zero-order valence-corrected chi connectivity index (χ0v) is 16.6. The minimum Gasteiger partial charge on any atom is -0.490 e. The summed E-state index contributed by atoms with van der Waals surface area (Å²) in [4.78, 5) is 0. The molecule has 1 aromatic heterocycles. The Labute approximate surface area is 167 Å². The molecule has 4 rings (SSSR count). The van der Waals surface area contributed by atoms with Crippen LogP contribution in [0, 0.1) is 11.7 Å². The molecule has 1 N–H and O–H groups in total. The quantitative estimate of drug-likeness (QED) is 0.731. The number of nitrogens with one attached hydrogen (secondary N) is 1. The van der Waals surface area contributed by atoms with Gasteiger partial charge in [-0.2, -0.15) is 5.10 Å². The molecule has 2 aliphatic rings. The van der Waals surface area contributed by atoms with E-state index in [1.54, 1.807) is 12.3 Å². The van der Waals surface area contributed by atoms with Gasteiger partial charge in [-0.05, 0) is 31.4 Å². The summed E-state index contributed by atoms with van der Waals surface area (Å²) >= 11 is 5.84. The molecule has 2 aromatic rings. The predicted octanol–water partition coefficient (Wildman–Crippen LogP) is 2.53. The maximum Gasteiger partial charge on any atom is 0.214 e. The van der Waals surface area contributed by atoms with Crippen LogP contribution in [0.1, 0.15) is 19.3 Å². The molecular weight excluding hydrogens is 409 g/mol. The molecule has 1 saturated carbocycles. The van der Waals surface area contributed by atoms with E-state index in [0.717, 1.165) is 0 Å². The van der Waals surface area contributed by atoms with E-state index in [1.807, 2.05) is 0 Å². The van der Waals surface area contributed by atoms with Crippen molar-refractivity contribution in [3.63, 3.8) is 0 Å². The van der Waals surface area contributed by atoms with Crippen molar-refractivity contribution >= 4 is 21.6 Å². The first-order valence-electron chi connectivity index (χ1n) is 9.14. The number of rotatable bonds is 7. The third kappa shape index (κ3) is 4.48. The van der Waals surface area contributed by atoms with E-state index in [0.29, 0.717) is 43.2 Å². The predicted molar refractivity (Wildman–Crippen MR) is 102 cm³/mol. The highest BCUT2D eigenvalue weighted by Gasteiger charge is 2.39. The Balaban J connectivity index is 1.41. The van der Waals surface area contributed by atoms with Gasteiger partial charge < -0.3 is 9.47 Å². The number of aromatic nitrogens is 2. The van der Waals surface area contributed by atoms with E-state index < -0.39 is 15.8 Å². The zero-order chi connectivity index (χ0) is 19.7. The summed E-state index contributed by atoms with van der Waals surface area (Å²) < 4.78 is 54.3. The Morgan fingerprint density at radius 2 is 2.18 bits per heavy atom. The van der Waals surface area contributed by atoms with Crippen molar-refractivity contribution in [3.05, 3.63) is 41.4 Å². The number of hydrogen-bond acceptors (Lipinski definition) is 5. The number of benzene rings is 1. The lowest BCUT2D eigenvalue weighted by Gasteiger charge is -2.31. The van der Waals surface area contributed by atoms with Crippen molar-refractivity contribution in [1.29, 1.82) is 0 Å². The van der Waals surface area contributed by atoms with Gasteiger partial charge in [-0.25, -0.2) is 22.2 Å².